The van der Waals surface area contributed by atoms with Crippen LogP contribution < -0.4 is 0 Å². The standard InChI is InChI=1S/C22H6BF10.C10H9.2C6H5.C2H4.Zr/c1-5-8(11-15(26)19(30)22(33)20(31)16(11)27)9-6(3-2-4-7(9)12(5)23)10-13(24)17(28)21(32)18(29)14(10)25;1-8-6-9-4-2-3-5-10(9)7-8;2*1-2-4-6-5-3-1;1-2;/h2-4H,1H3;2-7H,1H3;2*1-5H;1-2H2;/q;3*-1;;+3. The Morgan fingerprint density at radius 3 is 1.31 bits per heavy atom. The van der Waals surface area contributed by atoms with Crippen LogP contribution >= 0.6 is 0 Å². The zero-order chi connectivity index (χ0) is 42.0. The summed E-state index contributed by atoms with van der Waals surface area (Å²) in [6, 6.07) is 41.0. The number of hydrogen-bond donors (Lipinski definition) is 0. The second kappa shape index (κ2) is 21.3. The molecule has 290 valence electrons. The van der Waals surface area contributed by atoms with Gasteiger partial charge in [0.15, 0.2) is 0 Å². The molecule has 0 nitrogen and oxygen atoms in total. The van der Waals surface area contributed by atoms with E-state index in [1.807, 2.05) is 60.7 Å². The molecule has 0 heterocycles. The minimum Gasteiger partial charge on any atom is -0.184 e. The molecule has 0 aromatic heterocycles. The van der Waals surface area contributed by atoms with Crippen LogP contribution in [0.1, 0.15) is 29.2 Å². The second-order valence-electron chi connectivity index (χ2n) is 11.8. The quantitative estimate of drug-likeness (QED) is 0.0405. The van der Waals surface area contributed by atoms with E-state index in [1.54, 1.807) is 0 Å². The molecule has 0 saturated heterocycles. The predicted octanol–water partition coefficient (Wildman–Crippen LogP) is 12.9. The van der Waals surface area contributed by atoms with Crippen molar-refractivity contribution in [1.82, 2.24) is 0 Å². The van der Waals surface area contributed by atoms with E-state index in [-0.39, 0.29) is 42.8 Å². The van der Waals surface area contributed by atoms with Gasteiger partial charge >= 0.3 is 205 Å². The molecule has 0 fully saturated rings. The van der Waals surface area contributed by atoms with Crippen LogP contribution in [-0.2, 0) is 26.2 Å². The number of benzene rings is 6. The molecule has 1 aliphatic rings. The largest absolute Gasteiger partial charge is 3.00 e. The molecular formula is C46H29BF10Zr. The number of halogens is 10. The van der Waals surface area contributed by atoms with Gasteiger partial charge in [0.25, 0.3) is 0 Å². The molecule has 58 heavy (non-hydrogen) atoms. The molecule has 0 aliphatic heterocycles. The van der Waals surface area contributed by atoms with E-state index in [4.69, 9.17) is 7.49 Å². The fourth-order valence-corrected chi connectivity index (χ4v) is 5.75. The van der Waals surface area contributed by atoms with Gasteiger partial charge in [-0.3, -0.25) is 0 Å². The smallest absolute Gasteiger partial charge is 0.184 e. The van der Waals surface area contributed by atoms with Crippen molar-refractivity contribution in [3.63, 3.8) is 0 Å². The Labute approximate surface area is 349 Å². The van der Waals surface area contributed by atoms with Gasteiger partial charge in [0, 0.05) is 0 Å². The molecule has 0 bridgehead atoms. The second-order valence-corrected chi connectivity index (χ2v) is 11.8. The van der Waals surface area contributed by atoms with Crippen molar-refractivity contribution in [2.75, 3.05) is 0 Å². The third-order valence-corrected chi connectivity index (χ3v) is 8.30. The summed E-state index contributed by atoms with van der Waals surface area (Å²) >= 11 is 0. The van der Waals surface area contributed by atoms with E-state index in [2.05, 4.69) is 68.6 Å². The fourth-order valence-electron chi connectivity index (χ4n) is 5.75. The Morgan fingerprint density at radius 2 is 0.897 bits per heavy atom. The number of aryl methyl sites for hydroxylation is 1. The Balaban J connectivity index is 0.000000288. The maximum absolute atomic E-state index is 14.6. The van der Waals surface area contributed by atoms with Crippen molar-refractivity contribution < 1.29 is 70.1 Å². The van der Waals surface area contributed by atoms with E-state index in [9.17, 15) is 43.9 Å². The van der Waals surface area contributed by atoms with Gasteiger partial charge in [0.05, 0.1) is 0 Å². The molecule has 0 spiro atoms. The third-order valence-electron chi connectivity index (χ3n) is 8.30. The van der Waals surface area contributed by atoms with Gasteiger partial charge in [-0.1, -0.05) is 13.0 Å². The Bertz CT molecular complexity index is 2370. The first kappa shape index (κ1) is 46.9. The van der Waals surface area contributed by atoms with Gasteiger partial charge < -0.3 is 0 Å². The van der Waals surface area contributed by atoms with Crippen molar-refractivity contribution in [3.8, 4) is 11.1 Å². The minimum atomic E-state index is -2.45. The Hall–Kier alpha value is -5.47. The molecule has 7 aromatic carbocycles. The van der Waals surface area contributed by atoms with Crippen molar-refractivity contribution in [2.24, 2.45) is 0 Å². The van der Waals surface area contributed by atoms with Crippen molar-refractivity contribution in [2.45, 2.75) is 13.8 Å². The van der Waals surface area contributed by atoms with Crippen LogP contribution in [0, 0.1) is 77.2 Å². The number of hydrogen-bond acceptors (Lipinski definition) is 0. The van der Waals surface area contributed by atoms with Crippen LogP contribution in [-0.4, -0.2) is 13.0 Å². The van der Waals surface area contributed by atoms with E-state index in [0.29, 0.717) is 0 Å². The summed E-state index contributed by atoms with van der Waals surface area (Å²) in [5.41, 5.74) is -4.37. The molecule has 12 heteroatoms. The average molecular weight is 874 g/mol. The van der Waals surface area contributed by atoms with Crippen LogP contribution in [0.2, 0.25) is 0 Å². The molecule has 0 N–H and O–H groups in total. The summed E-state index contributed by atoms with van der Waals surface area (Å²) in [5.74, 6) is -23.2. The zero-order valence-electron chi connectivity index (χ0n) is 30.7. The average Bonchev–Trinajstić information content (AvgIpc) is 3.76. The van der Waals surface area contributed by atoms with Crippen LogP contribution in [0.25, 0.3) is 27.5 Å². The Kier molecular flexibility index (Phi) is 17.3. The minimum absolute atomic E-state index is 0. The summed E-state index contributed by atoms with van der Waals surface area (Å²) in [4.78, 5) is 0. The molecule has 0 amide bonds. The van der Waals surface area contributed by atoms with Crippen molar-refractivity contribution in [1.29, 1.82) is 0 Å². The normalized spacial score (nSPS) is 11.1. The summed E-state index contributed by atoms with van der Waals surface area (Å²) in [7, 11) is 5.89. The van der Waals surface area contributed by atoms with Crippen LogP contribution in [0.4, 0.5) is 43.9 Å². The van der Waals surface area contributed by atoms with Crippen LogP contribution in [0.15, 0.2) is 134 Å². The van der Waals surface area contributed by atoms with Crippen LogP contribution in [0.3, 0.4) is 0 Å². The molecule has 8 rings (SSSR count). The van der Waals surface area contributed by atoms with Gasteiger partial charge in [-0.2, -0.15) is 78.9 Å². The van der Waals surface area contributed by atoms with Crippen molar-refractivity contribution in [3.05, 3.63) is 227 Å². The molecule has 0 unspecified atom stereocenters. The van der Waals surface area contributed by atoms with Gasteiger partial charge in [0.2, 0.25) is 0 Å². The first-order valence-corrected chi connectivity index (χ1v) is 16.7. The summed E-state index contributed by atoms with van der Waals surface area (Å²) in [5, 5.41) is 2.69. The van der Waals surface area contributed by atoms with E-state index in [1.165, 1.54) is 22.4 Å². The van der Waals surface area contributed by atoms with E-state index in [0.717, 1.165) is 19.1 Å². The topological polar surface area (TPSA) is 0 Å². The number of fused-ring (bicyclic) bond motifs is 2. The molecule has 7 aromatic rings. The maximum Gasteiger partial charge on any atom is 3.00 e. The van der Waals surface area contributed by atoms with Crippen LogP contribution in [0.5, 0.6) is 0 Å². The molecular weight excluding hydrogens is 845 g/mol. The zero-order valence-corrected chi connectivity index (χ0v) is 33.2. The first-order valence-electron chi connectivity index (χ1n) is 16.7. The molecule has 0 saturated carbocycles. The molecule has 1 aliphatic carbocycles. The van der Waals surface area contributed by atoms with Gasteiger partial charge in [0.1, 0.15) is 0 Å². The van der Waals surface area contributed by atoms with E-state index < -0.39 is 86.0 Å². The SMILES string of the molecule is C=C.Cc1cc2ccccc2[cH-]1.[B]=C1C(C)=C(c2c(F)c(F)c(F)c(F)c2F)c2c1cccc2-c1c(F)c(F)c(F)c(F)c1F.[Zr+3].[c-]1ccccc1.[c-]1ccccc1. The maximum atomic E-state index is 14.6. The van der Waals surface area contributed by atoms with Crippen molar-refractivity contribution >= 4 is 29.3 Å². The Morgan fingerprint density at radius 1 is 0.483 bits per heavy atom. The number of rotatable bonds is 2. The monoisotopic (exact) mass is 872 g/mol. The molecule has 2 radical (unpaired) electrons. The summed E-state index contributed by atoms with van der Waals surface area (Å²) < 4.78 is 141. The van der Waals surface area contributed by atoms with Gasteiger partial charge in [-0.25, -0.2) is 0 Å². The predicted molar refractivity (Wildman–Crippen MR) is 206 cm³/mol. The summed E-state index contributed by atoms with van der Waals surface area (Å²) in [6.07, 6.45) is 0. The molecule has 0 atom stereocenters. The van der Waals surface area contributed by atoms with E-state index >= 15 is 0 Å². The third kappa shape index (κ3) is 9.96. The first-order chi connectivity index (χ1) is 27.3. The number of allylic oxidation sites excluding steroid dienone is 1. The summed E-state index contributed by atoms with van der Waals surface area (Å²) in [6.45, 7) is 9.25. The fraction of sp³-hybridized carbons (Fsp3) is 0.0435. The van der Waals surface area contributed by atoms with Gasteiger partial charge in [-0.05, 0) is 0 Å². The van der Waals surface area contributed by atoms with Gasteiger partial charge in [-0.15, -0.1) is 53.8 Å².